The number of hydrogen-bond acceptors (Lipinski definition) is 4. The number of benzene rings is 3. The van der Waals surface area contributed by atoms with Crippen LogP contribution in [0.4, 0.5) is 0 Å². The van der Waals surface area contributed by atoms with Gasteiger partial charge >= 0.3 is 0 Å². The second-order valence-corrected chi connectivity index (χ2v) is 8.09. The lowest BCUT2D eigenvalue weighted by molar-refractivity contribution is 0.0955. The highest BCUT2D eigenvalue weighted by atomic mass is 127. The van der Waals surface area contributed by atoms with Crippen LogP contribution in [0.1, 0.15) is 21.5 Å². The van der Waals surface area contributed by atoms with E-state index in [-0.39, 0.29) is 5.91 Å². The van der Waals surface area contributed by atoms with Crippen LogP contribution >= 0.6 is 38.5 Å². The Morgan fingerprint density at radius 1 is 1.14 bits per heavy atom. The van der Waals surface area contributed by atoms with Gasteiger partial charge in [0.25, 0.3) is 5.91 Å². The number of amides is 1. The average molecular weight is 565 g/mol. The van der Waals surface area contributed by atoms with Crippen molar-refractivity contribution in [2.45, 2.75) is 6.61 Å². The smallest absolute Gasteiger partial charge is 0.271 e. The van der Waals surface area contributed by atoms with Crippen molar-refractivity contribution in [3.05, 3.63) is 91.5 Å². The molecule has 0 spiro atoms. The third-order valence-corrected chi connectivity index (χ3v) is 5.29. The van der Waals surface area contributed by atoms with Crippen LogP contribution in [0.25, 0.3) is 0 Å². The van der Waals surface area contributed by atoms with Crippen LogP contribution in [0.3, 0.4) is 0 Å². The largest absolute Gasteiger partial charge is 0.493 e. The van der Waals surface area contributed by atoms with Gasteiger partial charge in [0.1, 0.15) is 6.61 Å². The van der Waals surface area contributed by atoms with Gasteiger partial charge in [0, 0.05) is 10.0 Å². The maximum absolute atomic E-state index is 12.0. The van der Waals surface area contributed by atoms with Gasteiger partial charge < -0.3 is 9.47 Å². The normalized spacial score (nSPS) is 10.7. The monoisotopic (exact) mass is 564 g/mol. The molecular weight excluding hydrogens is 547 g/mol. The molecule has 0 atom stereocenters. The number of nitrogens with zero attached hydrogens (tertiary/aromatic N) is 1. The van der Waals surface area contributed by atoms with Gasteiger partial charge in [-0.1, -0.05) is 46.3 Å². The molecule has 3 aromatic carbocycles. The molecule has 3 rings (SSSR count). The number of ether oxygens (including phenoxy) is 2. The molecule has 1 amide bonds. The highest BCUT2D eigenvalue weighted by molar-refractivity contribution is 14.1. The number of carbonyl (C=O) groups is 1. The maximum atomic E-state index is 12.0. The fourth-order valence-corrected chi connectivity index (χ4v) is 3.56. The summed E-state index contributed by atoms with van der Waals surface area (Å²) in [7, 11) is 1.59. The summed E-state index contributed by atoms with van der Waals surface area (Å²) in [6.45, 7) is 0.431. The predicted molar refractivity (Wildman–Crippen MR) is 126 cm³/mol. The first-order valence-corrected chi connectivity index (χ1v) is 10.6. The molecule has 0 aliphatic rings. The number of hydrazone groups is 1. The molecule has 3 aromatic rings. The Kier molecular flexibility index (Phi) is 7.65. The Bertz CT molecular complexity index is 1010. The molecular formula is C22H18BrIN2O3. The molecule has 5 nitrogen and oxygen atoms in total. The van der Waals surface area contributed by atoms with E-state index in [1.165, 1.54) is 0 Å². The molecule has 0 fully saturated rings. The lowest BCUT2D eigenvalue weighted by Crippen LogP contribution is -2.17. The number of hydrogen-bond donors (Lipinski definition) is 1. The Hall–Kier alpha value is -2.39. The molecule has 0 unspecified atom stereocenters. The summed E-state index contributed by atoms with van der Waals surface area (Å²) in [5.41, 5.74) is 4.92. The standard InChI is InChI=1S/C22H18BrIN2O3/c1-28-20-12-16(13-25-26-22(27)17-5-3-2-4-6-17)11-19(24)21(20)29-14-15-7-9-18(23)10-8-15/h2-13H,14H2,1H3,(H,26,27)/b25-13+. The lowest BCUT2D eigenvalue weighted by atomic mass is 10.2. The van der Waals surface area contributed by atoms with Gasteiger partial charge in [-0.3, -0.25) is 4.79 Å². The number of halogens is 2. The molecule has 0 saturated heterocycles. The highest BCUT2D eigenvalue weighted by Crippen LogP contribution is 2.34. The third kappa shape index (κ3) is 6.04. The van der Waals surface area contributed by atoms with Gasteiger partial charge in [-0.15, -0.1) is 0 Å². The van der Waals surface area contributed by atoms with E-state index in [0.717, 1.165) is 19.2 Å². The van der Waals surface area contributed by atoms with E-state index in [0.29, 0.717) is 23.7 Å². The van der Waals surface area contributed by atoms with Gasteiger partial charge in [0.2, 0.25) is 0 Å². The summed E-state index contributed by atoms with van der Waals surface area (Å²) in [5.74, 6) is 1.00. The van der Waals surface area contributed by atoms with E-state index >= 15 is 0 Å². The van der Waals surface area contributed by atoms with Crippen molar-refractivity contribution in [3.8, 4) is 11.5 Å². The molecule has 7 heteroatoms. The lowest BCUT2D eigenvalue weighted by Gasteiger charge is -2.13. The van der Waals surface area contributed by atoms with Gasteiger partial charge in [-0.2, -0.15) is 5.10 Å². The summed E-state index contributed by atoms with van der Waals surface area (Å²) < 4.78 is 13.4. The molecule has 29 heavy (non-hydrogen) atoms. The van der Waals surface area contributed by atoms with Crippen molar-refractivity contribution in [2.75, 3.05) is 7.11 Å². The van der Waals surface area contributed by atoms with Crippen molar-refractivity contribution in [3.63, 3.8) is 0 Å². The van der Waals surface area contributed by atoms with Gasteiger partial charge in [0.05, 0.1) is 16.9 Å². The molecule has 0 aliphatic heterocycles. The maximum Gasteiger partial charge on any atom is 0.271 e. The van der Waals surface area contributed by atoms with Crippen LogP contribution in [0, 0.1) is 3.57 Å². The summed E-state index contributed by atoms with van der Waals surface area (Å²) in [6.07, 6.45) is 1.57. The first-order chi connectivity index (χ1) is 14.1. The molecule has 0 saturated carbocycles. The summed E-state index contributed by atoms with van der Waals surface area (Å²) >= 11 is 5.62. The zero-order valence-electron chi connectivity index (χ0n) is 15.6. The molecule has 0 bridgehead atoms. The molecule has 0 radical (unpaired) electrons. The van der Waals surface area contributed by atoms with Crippen LogP contribution < -0.4 is 14.9 Å². The van der Waals surface area contributed by atoms with E-state index < -0.39 is 0 Å². The molecule has 0 aromatic heterocycles. The SMILES string of the molecule is COc1cc(/C=N/NC(=O)c2ccccc2)cc(I)c1OCc1ccc(Br)cc1. The number of carbonyl (C=O) groups excluding carboxylic acids is 1. The van der Waals surface area contributed by atoms with Crippen LogP contribution in [-0.2, 0) is 6.61 Å². The molecule has 0 heterocycles. The minimum atomic E-state index is -0.266. The van der Waals surface area contributed by atoms with Crippen molar-refractivity contribution in [1.29, 1.82) is 0 Å². The minimum Gasteiger partial charge on any atom is -0.493 e. The third-order valence-electron chi connectivity index (χ3n) is 3.96. The predicted octanol–water partition coefficient (Wildman–Crippen LogP) is 5.41. The minimum absolute atomic E-state index is 0.266. The van der Waals surface area contributed by atoms with Crippen LogP contribution in [0.5, 0.6) is 11.5 Å². The van der Waals surface area contributed by atoms with Crippen molar-refractivity contribution in [2.24, 2.45) is 5.10 Å². The number of methoxy groups -OCH3 is 1. The number of rotatable bonds is 7. The summed E-state index contributed by atoms with van der Waals surface area (Å²) in [5, 5.41) is 4.04. The van der Waals surface area contributed by atoms with Crippen molar-refractivity contribution >= 4 is 50.6 Å². The Morgan fingerprint density at radius 2 is 1.86 bits per heavy atom. The Labute approximate surface area is 191 Å². The van der Waals surface area contributed by atoms with E-state index in [2.05, 4.69) is 49.0 Å². The summed E-state index contributed by atoms with van der Waals surface area (Å²) in [6, 6.07) is 20.6. The van der Waals surface area contributed by atoms with Crippen LogP contribution in [-0.4, -0.2) is 19.2 Å². The Balaban J connectivity index is 1.68. The van der Waals surface area contributed by atoms with E-state index in [9.17, 15) is 4.79 Å². The first kappa shape index (κ1) is 21.3. The molecule has 1 N–H and O–H groups in total. The topological polar surface area (TPSA) is 59.9 Å². The van der Waals surface area contributed by atoms with Gasteiger partial charge in [-0.25, -0.2) is 5.43 Å². The second kappa shape index (κ2) is 10.4. The number of nitrogens with one attached hydrogen (secondary N) is 1. The zero-order chi connectivity index (χ0) is 20.6. The molecule has 0 aliphatic carbocycles. The molecule has 148 valence electrons. The Morgan fingerprint density at radius 3 is 2.55 bits per heavy atom. The van der Waals surface area contributed by atoms with E-state index in [1.807, 2.05) is 42.5 Å². The fourth-order valence-electron chi connectivity index (χ4n) is 2.51. The van der Waals surface area contributed by atoms with Crippen molar-refractivity contribution < 1.29 is 14.3 Å². The highest BCUT2D eigenvalue weighted by Gasteiger charge is 2.12. The van der Waals surface area contributed by atoms with Gasteiger partial charge in [-0.05, 0) is 70.1 Å². The van der Waals surface area contributed by atoms with Gasteiger partial charge in [0.15, 0.2) is 11.5 Å². The average Bonchev–Trinajstić information content (AvgIpc) is 2.74. The fraction of sp³-hybridized carbons (Fsp3) is 0.0909. The summed E-state index contributed by atoms with van der Waals surface area (Å²) in [4.78, 5) is 12.0. The van der Waals surface area contributed by atoms with Crippen molar-refractivity contribution in [1.82, 2.24) is 5.43 Å². The van der Waals surface area contributed by atoms with Crippen LogP contribution in [0.2, 0.25) is 0 Å². The van der Waals surface area contributed by atoms with Crippen LogP contribution in [0.15, 0.2) is 76.3 Å². The zero-order valence-corrected chi connectivity index (χ0v) is 19.3. The quantitative estimate of drug-likeness (QED) is 0.237. The van der Waals surface area contributed by atoms with E-state index in [4.69, 9.17) is 9.47 Å². The second-order valence-electron chi connectivity index (χ2n) is 6.01. The first-order valence-electron chi connectivity index (χ1n) is 8.70. The van der Waals surface area contributed by atoms with E-state index in [1.54, 1.807) is 37.6 Å².